The molecular weight excluding hydrogens is 370 g/mol. The number of hydrogen-bond acceptors (Lipinski definition) is 3. The van der Waals surface area contributed by atoms with Gasteiger partial charge in [-0.25, -0.2) is 0 Å². The van der Waals surface area contributed by atoms with Crippen LogP contribution in [0, 0.1) is 52.3 Å². The maximum absolute atomic E-state index is 10.3. The molecule has 0 aromatic carbocycles. The van der Waals surface area contributed by atoms with Crippen molar-refractivity contribution in [2.75, 3.05) is 6.54 Å². The van der Waals surface area contributed by atoms with Gasteiger partial charge in [-0.05, 0) is 111 Å². The van der Waals surface area contributed by atoms with E-state index in [1.165, 1.54) is 51.4 Å². The number of ether oxygens (including phenoxy) is 1. The van der Waals surface area contributed by atoms with Crippen LogP contribution >= 0.6 is 0 Å². The lowest BCUT2D eigenvalue weighted by Gasteiger charge is -2.61. The van der Waals surface area contributed by atoms with Crippen LogP contribution in [0.3, 0.4) is 0 Å². The zero-order valence-corrected chi connectivity index (χ0v) is 19.8. The van der Waals surface area contributed by atoms with Crippen LogP contribution in [-0.4, -0.2) is 29.6 Å². The van der Waals surface area contributed by atoms with E-state index in [0.29, 0.717) is 22.9 Å². The SMILES string of the molecule is C[C@H]1CC[C@@]2(NC1)O[C@@H]1C[C@H]3[C@@H]4CC[C@H]5C[C@H](O)CC[C@]5(C)[C@H]4CC[C@]3(C)[C@H]1[C@@H]2C. The second kappa shape index (κ2) is 6.70. The van der Waals surface area contributed by atoms with E-state index >= 15 is 0 Å². The molecule has 0 unspecified atom stereocenters. The molecule has 1 spiro atoms. The summed E-state index contributed by atoms with van der Waals surface area (Å²) in [7, 11) is 0. The minimum absolute atomic E-state index is 0.0319. The van der Waals surface area contributed by atoms with E-state index in [1.54, 1.807) is 0 Å². The molecule has 2 N–H and O–H groups in total. The molecule has 0 radical (unpaired) electrons. The maximum atomic E-state index is 10.3. The van der Waals surface area contributed by atoms with Gasteiger partial charge in [-0.2, -0.15) is 0 Å². The van der Waals surface area contributed by atoms with Gasteiger partial charge in [0, 0.05) is 12.5 Å². The summed E-state index contributed by atoms with van der Waals surface area (Å²) in [6.45, 7) is 11.3. The minimum atomic E-state index is -0.0320. The predicted molar refractivity (Wildman–Crippen MR) is 120 cm³/mol. The van der Waals surface area contributed by atoms with Crippen LogP contribution in [0.2, 0.25) is 0 Å². The second-order valence-corrected chi connectivity index (χ2v) is 13.3. The largest absolute Gasteiger partial charge is 0.393 e. The summed E-state index contributed by atoms with van der Waals surface area (Å²) in [4.78, 5) is 0. The average Bonchev–Trinajstić information content (AvgIpc) is 3.16. The number of aliphatic hydroxyl groups is 1. The molecule has 2 aliphatic heterocycles. The summed E-state index contributed by atoms with van der Waals surface area (Å²) in [5, 5.41) is 14.2. The standard InChI is InChI=1S/C27H45NO2/c1-16-7-12-27(28-15-16)17(2)24-23(30-27)14-22-20-6-5-18-13-19(29)8-10-25(18,3)21(20)9-11-26(22,24)4/h16-24,28-29H,5-15H2,1-4H3/t16-,17-,18-,19+,20+,21-,22-,23+,24-,25-,26-,27+/m0/s1. The van der Waals surface area contributed by atoms with Gasteiger partial charge in [-0.3, -0.25) is 5.32 Å². The third-order valence-electron chi connectivity index (χ3n) is 12.1. The number of piperidine rings is 1. The molecule has 0 amide bonds. The topological polar surface area (TPSA) is 41.5 Å². The van der Waals surface area contributed by atoms with Gasteiger partial charge in [0.2, 0.25) is 0 Å². The maximum Gasteiger partial charge on any atom is 0.122 e. The Balaban J connectivity index is 1.26. The molecule has 30 heavy (non-hydrogen) atoms. The van der Waals surface area contributed by atoms with Gasteiger partial charge in [-0.1, -0.05) is 27.7 Å². The summed E-state index contributed by atoms with van der Waals surface area (Å²) >= 11 is 0. The van der Waals surface area contributed by atoms with Gasteiger partial charge in [0.05, 0.1) is 12.2 Å². The molecule has 0 aromatic heterocycles. The molecule has 0 aromatic rings. The van der Waals surface area contributed by atoms with E-state index in [2.05, 4.69) is 33.0 Å². The van der Waals surface area contributed by atoms with Crippen molar-refractivity contribution in [2.24, 2.45) is 52.3 Å². The van der Waals surface area contributed by atoms with Crippen LogP contribution in [0.1, 0.15) is 91.9 Å². The minimum Gasteiger partial charge on any atom is -0.393 e. The molecule has 0 bridgehead atoms. The van der Waals surface area contributed by atoms with Crippen molar-refractivity contribution in [2.45, 2.75) is 110 Å². The van der Waals surface area contributed by atoms with Crippen molar-refractivity contribution in [3.63, 3.8) is 0 Å². The first-order valence-corrected chi connectivity index (χ1v) is 13.4. The highest BCUT2D eigenvalue weighted by Gasteiger charge is 2.68. The normalized spacial score (nSPS) is 62.5. The Morgan fingerprint density at radius 3 is 2.43 bits per heavy atom. The van der Waals surface area contributed by atoms with Crippen LogP contribution in [0.5, 0.6) is 0 Å². The van der Waals surface area contributed by atoms with Crippen molar-refractivity contribution < 1.29 is 9.84 Å². The lowest BCUT2D eigenvalue weighted by atomic mass is 9.44. The fourth-order valence-corrected chi connectivity index (χ4v) is 10.4. The summed E-state index contributed by atoms with van der Waals surface area (Å²) in [5.41, 5.74) is 0.919. The Labute approximate surface area is 184 Å². The number of aliphatic hydroxyl groups excluding tert-OH is 1. The molecule has 2 heterocycles. The molecule has 12 atom stereocenters. The first-order chi connectivity index (χ1) is 14.3. The summed E-state index contributed by atoms with van der Waals surface area (Å²) in [6.07, 6.45) is 13.2. The van der Waals surface area contributed by atoms with Crippen molar-refractivity contribution in [1.82, 2.24) is 5.32 Å². The van der Waals surface area contributed by atoms with E-state index in [0.717, 1.165) is 54.9 Å². The zero-order valence-electron chi connectivity index (χ0n) is 19.8. The summed E-state index contributed by atoms with van der Waals surface area (Å²) < 4.78 is 7.01. The van der Waals surface area contributed by atoms with Gasteiger partial charge in [0.25, 0.3) is 0 Å². The van der Waals surface area contributed by atoms with Crippen molar-refractivity contribution in [3.05, 3.63) is 0 Å². The van der Waals surface area contributed by atoms with Gasteiger partial charge in [-0.15, -0.1) is 0 Å². The van der Waals surface area contributed by atoms with Gasteiger partial charge in [0.1, 0.15) is 5.72 Å². The Morgan fingerprint density at radius 1 is 0.867 bits per heavy atom. The lowest BCUT2D eigenvalue weighted by molar-refractivity contribution is -0.140. The average molecular weight is 416 g/mol. The molecule has 6 fully saturated rings. The van der Waals surface area contributed by atoms with Crippen molar-refractivity contribution >= 4 is 0 Å². The molecular formula is C27H45NO2. The molecule has 4 aliphatic carbocycles. The Hall–Kier alpha value is -0.120. The Bertz CT molecular complexity index is 686. The first kappa shape index (κ1) is 20.5. The van der Waals surface area contributed by atoms with Crippen LogP contribution in [0.25, 0.3) is 0 Å². The second-order valence-electron chi connectivity index (χ2n) is 13.3. The zero-order chi connectivity index (χ0) is 20.9. The Morgan fingerprint density at radius 2 is 1.67 bits per heavy atom. The molecule has 3 nitrogen and oxygen atoms in total. The van der Waals surface area contributed by atoms with E-state index < -0.39 is 0 Å². The van der Waals surface area contributed by atoms with Crippen molar-refractivity contribution in [3.8, 4) is 0 Å². The molecule has 3 heteroatoms. The van der Waals surface area contributed by atoms with Crippen molar-refractivity contribution in [1.29, 1.82) is 0 Å². The fourth-order valence-electron chi connectivity index (χ4n) is 10.4. The number of rotatable bonds is 0. The van der Waals surface area contributed by atoms with E-state index in [4.69, 9.17) is 4.74 Å². The first-order valence-electron chi connectivity index (χ1n) is 13.4. The highest BCUT2D eigenvalue weighted by molar-refractivity contribution is 5.16. The monoisotopic (exact) mass is 415 g/mol. The molecule has 170 valence electrons. The summed E-state index contributed by atoms with van der Waals surface area (Å²) in [6, 6.07) is 0. The third-order valence-corrected chi connectivity index (χ3v) is 12.1. The van der Waals surface area contributed by atoms with Crippen LogP contribution in [-0.2, 0) is 4.74 Å². The van der Waals surface area contributed by atoms with Gasteiger partial charge in [0.15, 0.2) is 0 Å². The lowest BCUT2D eigenvalue weighted by Crippen LogP contribution is -2.57. The highest BCUT2D eigenvalue weighted by Crippen LogP contribution is 2.71. The molecule has 2 saturated heterocycles. The van der Waals surface area contributed by atoms with E-state index in [9.17, 15) is 5.11 Å². The van der Waals surface area contributed by atoms with Gasteiger partial charge < -0.3 is 9.84 Å². The van der Waals surface area contributed by atoms with E-state index in [-0.39, 0.29) is 11.8 Å². The Kier molecular flexibility index (Phi) is 4.58. The van der Waals surface area contributed by atoms with E-state index in [1.807, 2.05) is 0 Å². The number of hydrogen-bond donors (Lipinski definition) is 2. The summed E-state index contributed by atoms with van der Waals surface area (Å²) in [5.74, 6) is 5.57. The highest BCUT2D eigenvalue weighted by atomic mass is 16.5. The number of nitrogens with one attached hydrogen (secondary N) is 1. The van der Waals surface area contributed by atoms with Crippen LogP contribution < -0.4 is 5.32 Å². The number of fused-ring (bicyclic) bond motifs is 7. The van der Waals surface area contributed by atoms with Gasteiger partial charge >= 0.3 is 0 Å². The predicted octanol–water partition coefficient (Wildman–Crippen LogP) is 5.37. The molecule has 6 rings (SSSR count). The third kappa shape index (κ3) is 2.61. The fraction of sp³-hybridized carbons (Fsp3) is 1.00. The molecule has 4 saturated carbocycles. The molecule has 6 aliphatic rings. The smallest absolute Gasteiger partial charge is 0.122 e. The van der Waals surface area contributed by atoms with Crippen LogP contribution in [0.15, 0.2) is 0 Å². The van der Waals surface area contributed by atoms with Crippen LogP contribution in [0.4, 0.5) is 0 Å². The quantitative estimate of drug-likeness (QED) is 0.559.